The van der Waals surface area contributed by atoms with E-state index < -0.39 is 21.8 Å². The first kappa shape index (κ1) is 17.3. The van der Waals surface area contributed by atoms with Gasteiger partial charge in [-0.25, -0.2) is 17.6 Å². The lowest BCUT2D eigenvalue weighted by atomic mass is 10.1. The number of amides is 2. The lowest BCUT2D eigenvalue weighted by Gasteiger charge is -2.17. The molecule has 0 saturated carbocycles. The SMILES string of the molecule is CN(C)S(=O)(=O)c1ccc2c3c(cccc13)C(=O)N2C(=O)c1cccnc1. The number of pyridine rings is 1. The minimum atomic E-state index is -3.71. The molecule has 2 aromatic carbocycles. The van der Waals surface area contributed by atoms with Crippen LogP contribution in [0.3, 0.4) is 0 Å². The fourth-order valence-corrected chi connectivity index (χ4v) is 4.28. The maximum atomic E-state index is 12.9. The second-order valence-electron chi connectivity index (χ2n) is 6.29. The van der Waals surface area contributed by atoms with Crippen LogP contribution < -0.4 is 4.90 Å². The van der Waals surface area contributed by atoms with E-state index >= 15 is 0 Å². The molecule has 0 unspecified atom stereocenters. The number of benzene rings is 2. The average molecular weight is 381 g/mol. The molecule has 3 aromatic rings. The van der Waals surface area contributed by atoms with Gasteiger partial charge in [0.2, 0.25) is 10.0 Å². The van der Waals surface area contributed by atoms with Crippen molar-refractivity contribution in [2.75, 3.05) is 19.0 Å². The van der Waals surface area contributed by atoms with Crippen LogP contribution >= 0.6 is 0 Å². The number of hydrogen-bond donors (Lipinski definition) is 0. The molecule has 1 aliphatic rings. The molecule has 0 radical (unpaired) electrons. The molecule has 1 aromatic heterocycles. The Hall–Kier alpha value is -3.10. The number of nitrogens with zero attached hydrogens (tertiary/aromatic N) is 3. The Bertz CT molecular complexity index is 1200. The predicted molar refractivity (Wildman–Crippen MR) is 100 cm³/mol. The molecule has 0 spiro atoms. The lowest BCUT2D eigenvalue weighted by molar-refractivity contribution is 0.0903. The van der Waals surface area contributed by atoms with E-state index in [1.807, 2.05) is 0 Å². The zero-order chi connectivity index (χ0) is 19.3. The van der Waals surface area contributed by atoms with Gasteiger partial charge >= 0.3 is 0 Å². The number of rotatable bonds is 3. The van der Waals surface area contributed by atoms with Crippen LogP contribution in [0.2, 0.25) is 0 Å². The van der Waals surface area contributed by atoms with Crippen molar-refractivity contribution < 1.29 is 18.0 Å². The van der Waals surface area contributed by atoms with Gasteiger partial charge in [-0.15, -0.1) is 0 Å². The third kappa shape index (κ3) is 2.45. The molecule has 0 N–H and O–H groups in total. The number of anilines is 1. The van der Waals surface area contributed by atoms with E-state index in [2.05, 4.69) is 4.98 Å². The van der Waals surface area contributed by atoms with Crippen LogP contribution in [0.25, 0.3) is 10.8 Å². The van der Waals surface area contributed by atoms with Crippen molar-refractivity contribution in [2.24, 2.45) is 0 Å². The van der Waals surface area contributed by atoms with Crippen LogP contribution in [0.4, 0.5) is 5.69 Å². The van der Waals surface area contributed by atoms with Crippen molar-refractivity contribution in [1.29, 1.82) is 0 Å². The van der Waals surface area contributed by atoms with E-state index in [4.69, 9.17) is 0 Å². The van der Waals surface area contributed by atoms with Crippen molar-refractivity contribution in [3.8, 4) is 0 Å². The van der Waals surface area contributed by atoms with Gasteiger partial charge in [-0.3, -0.25) is 14.6 Å². The third-order valence-electron chi connectivity index (χ3n) is 4.52. The summed E-state index contributed by atoms with van der Waals surface area (Å²) in [4.78, 5) is 30.9. The summed E-state index contributed by atoms with van der Waals surface area (Å²) in [5.41, 5.74) is 0.949. The highest BCUT2D eigenvalue weighted by atomic mass is 32.2. The summed E-state index contributed by atoms with van der Waals surface area (Å²) in [6, 6.07) is 11.0. The zero-order valence-corrected chi connectivity index (χ0v) is 15.4. The summed E-state index contributed by atoms with van der Waals surface area (Å²) in [5.74, 6) is -0.988. The van der Waals surface area contributed by atoms with E-state index in [9.17, 15) is 18.0 Å². The number of sulfonamides is 1. The van der Waals surface area contributed by atoms with Crippen LogP contribution in [-0.2, 0) is 10.0 Å². The molecule has 2 amide bonds. The van der Waals surface area contributed by atoms with Gasteiger partial charge in [0.05, 0.1) is 21.7 Å². The van der Waals surface area contributed by atoms with E-state index in [0.717, 1.165) is 9.21 Å². The maximum absolute atomic E-state index is 12.9. The van der Waals surface area contributed by atoms with Crippen LogP contribution in [0, 0.1) is 0 Å². The van der Waals surface area contributed by atoms with Crippen molar-refractivity contribution in [3.63, 3.8) is 0 Å². The van der Waals surface area contributed by atoms with Crippen molar-refractivity contribution in [1.82, 2.24) is 9.29 Å². The Balaban J connectivity index is 1.96. The minimum absolute atomic E-state index is 0.0941. The topological polar surface area (TPSA) is 87.7 Å². The van der Waals surface area contributed by atoms with Gasteiger partial charge in [-0.05, 0) is 30.3 Å². The summed E-state index contributed by atoms with van der Waals surface area (Å²) < 4.78 is 26.4. The number of carbonyl (C=O) groups excluding carboxylic acids is 2. The van der Waals surface area contributed by atoms with Gasteiger partial charge in [0.15, 0.2) is 0 Å². The smallest absolute Gasteiger partial charge is 0.266 e. The molecular weight excluding hydrogens is 366 g/mol. The average Bonchev–Trinajstić information content (AvgIpc) is 2.95. The predicted octanol–water partition coefficient (Wildman–Crippen LogP) is 2.29. The minimum Gasteiger partial charge on any atom is -0.268 e. The normalized spacial score (nSPS) is 13.6. The second-order valence-corrected chi connectivity index (χ2v) is 8.41. The van der Waals surface area contributed by atoms with Gasteiger partial charge in [0.25, 0.3) is 11.8 Å². The first-order valence-electron chi connectivity index (χ1n) is 8.11. The number of imide groups is 1. The Morgan fingerprint density at radius 3 is 2.52 bits per heavy atom. The van der Waals surface area contributed by atoms with E-state index in [0.29, 0.717) is 22.0 Å². The highest BCUT2D eigenvalue weighted by Gasteiger charge is 2.36. The molecule has 2 heterocycles. The highest BCUT2D eigenvalue weighted by molar-refractivity contribution is 7.89. The summed E-state index contributed by atoms with van der Waals surface area (Å²) in [6.07, 6.45) is 2.93. The van der Waals surface area contributed by atoms with Crippen molar-refractivity contribution >= 4 is 38.3 Å². The molecule has 0 saturated heterocycles. The Morgan fingerprint density at radius 1 is 1.07 bits per heavy atom. The zero-order valence-electron chi connectivity index (χ0n) is 14.6. The molecule has 0 fully saturated rings. The van der Waals surface area contributed by atoms with E-state index in [1.54, 1.807) is 30.3 Å². The van der Waals surface area contributed by atoms with Gasteiger partial charge in [0.1, 0.15) is 0 Å². The van der Waals surface area contributed by atoms with Gasteiger partial charge < -0.3 is 0 Å². The fourth-order valence-electron chi connectivity index (χ4n) is 3.20. The quantitative estimate of drug-likeness (QED) is 0.650. The molecule has 136 valence electrons. The van der Waals surface area contributed by atoms with Crippen LogP contribution in [-0.4, -0.2) is 43.6 Å². The highest BCUT2D eigenvalue weighted by Crippen LogP contribution is 2.41. The van der Waals surface area contributed by atoms with E-state index in [1.165, 1.54) is 38.6 Å². The van der Waals surface area contributed by atoms with Gasteiger partial charge in [0, 0.05) is 37.3 Å². The molecule has 0 atom stereocenters. The van der Waals surface area contributed by atoms with E-state index in [-0.39, 0.29) is 10.5 Å². The molecule has 7 nitrogen and oxygen atoms in total. The summed E-state index contributed by atoms with van der Waals surface area (Å²) in [5, 5.41) is 0.871. The first-order chi connectivity index (χ1) is 12.8. The number of carbonyl (C=O) groups is 2. The van der Waals surface area contributed by atoms with Crippen LogP contribution in [0.1, 0.15) is 20.7 Å². The Kier molecular flexibility index (Phi) is 3.83. The summed E-state index contributed by atoms with van der Waals surface area (Å²) >= 11 is 0. The summed E-state index contributed by atoms with van der Waals surface area (Å²) in [7, 11) is -0.815. The lowest BCUT2D eigenvalue weighted by Crippen LogP contribution is -2.33. The Labute approximate surface area is 155 Å². The van der Waals surface area contributed by atoms with Gasteiger partial charge in [-0.2, -0.15) is 0 Å². The Morgan fingerprint density at radius 2 is 1.85 bits per heavy atom. The van der Waals surface area contributed by atoms with Crippen LogP contribution in [0.15, 0.2) is 59.8 Å². The molecular formula is C19H15N3O4S. The number of hydrogen-bond acceptors (Lipinski definition) is 5. The molecule has 1 aliphatic heterocycles. The second kappa shape index (κ2) is 5.97. The molecule has 0 aliphatic carbocycles. The standard InChI is InChI=1S/C19H15N3O4S/c1-21(2)27(25,26)16-9-8-15-17-13(16)6-3-7-14(17)19(24)22(15)18(23)12-5-4-10-20-11-12/h3-11H,1-2H3. The largest absolute Gasteiger partial charge is 0.268 e. The monoisotopic (exact) mass is 381 g/mol. The molecule has 8 heteroatoms. The van der Waals surface area contributed by atoms with Gasteiger partial charge in [-0.1, -0.05) is 12.1 Å². The van der Waals surface area contributed by atoms with Crippen molar-refractivity contribution in [3.05, 3.63) is 66.0 Å². The number of aromatic nitrogens is 1. The summed E-state index contributed by atoms with van der Waals surface area (Å²) in [6.45, 7) is 0. The third-order valence-corrected chi connectivity index (χ3v) is 6.40. The molecule has 4 rings (SSSR count). The van der Waals surface area contributed by atoms with Crippen molar-refractivity contribution in [2.45, 2.75) is 4.90 Å². The first-order valence-corrected chi connectivity index (χ1v) is 9.55. The molecule has 0 bridgehead atoms. The molecule has 27 heavy (non-hydrogen) atoms. The fraction of sp³-hybridized carbons (Fsp3) is 0.105. The maximum Gasteiger partial charge on any atom is 0.266 e. The van der Waals surface area contributed by atoms with Crippen LogP contribution in [0.5, 0.6) is 0 Å².